The Morgan fingerprint density at radius 1 is 1.07 bits per heavy atom. The summed E-state index contributed by atoms with van der Waals surface area (Å²) in [4.78, 5) is 0. The number of rotatable bonds is 5. The Labute approximate surface area is 88.0 Å². The summed E-state index contributed by atoms with van der Waals surface area (Å²) in [6, 6.07) is 0. The van der Waals surface area contributed by atoms with Crippen LogP contribution in [0.5, 0.6) is 0 Å². The minimum atomic E-state index is 0.369. The lowest BCUT2D eigenvalue weighted by molar-refractivity contribution is -0.0512. The van der Waals surface area contributed by atoms with E-state index in [1.807, 2.05) is 0 Å². The second-order valence-electron chi connectivity index (χ2n) is 4.45. The largest absolute Gasteiger partial charge is 0.378 e. The lowest BCUT2D eigenvalue weighted by Gasteiger charge is -2.29. The number of hydrogen-bond donors (Lipinski definition) is 0. The molecule has 1 aliphatic rings. The molecule has 0 aromatic carbocycles. The van der Waals surface area contributed by atoms with E-state index in [0.717, 1.165) is 13.0 Å². The van der Waals surface area contributed by atoms with Crippen LogP contribution in [0.3, 0.4) is 0 Å². The molecule has 0 bridgehead atoms. The van der Waals surface area contributed by atoms with Crippen molar-refractivity contribution in [1.29, 1.82) is 0 Å². The smallest absolute Gasteiger partial charge is 0.0580 e. The number of hydrogen-bond acceptors (Lipinski definition) is 2. The average molecular weight is 200 g/mol. The SMILES string of the molecule is CCCOC1CCC(OC(C)C)CC1. The highest BCUT2D eigenvalue weighted by molar-refractivity contribution is 4.73. The van der Waals surface area contributed by atoms with Crippen molar-refractivity contribution in [1.82, 2.24) is 0 Å². The fraction of sp³-hybridized carbons (Fsp3) is 1.00. The number of ether oxygens (including phenoxy) is 2. The molecule has 0 unspecified atom stereocenters. The van der Waals surface area contributed by atoms with E-state index in [-0.39, 0.29) is 0 Å². The van der Waals surface area contributed by atoms with E-state index in [1.165, 1.54) is 25.7 Å². The van der Waals surface area contributed by atoms with Crippen LogP contribution in [0.15, 0.2) is 0 Å². The minimum absolute atomic E-state index is 0.369. The fourth-order valence-corrected chi connectivity index (χ4v) is 2.00. The second-order valence-corrected chi connectivity index (χ2v) is 4.45. The summed E-state index contributed by atoms with van der Waals surface area (Å²) >= 11 is 0. The van der Waals surface area contributed by atoms with Crippen molar-refractivity contribution in [2.24, 2.45) is 0 Å². The van der Waals surface area contributed by atoms with Crippen LogP contribution in [0.4, 0.5) is 0 Å². The zero-order chi connectivity index (χ0) is 10.4. The molecule has 0 N–H and O–H groups in total. The summed E-state index contributed by atoms with van der Waals surface area (Å²) in [7, 11) is 0. The third kappa shape index (κ3) is 4.43. The molecule has 1 aliphatic carbocycles. The topological polar surface area (TPSA) is 18.5 Å². The van der Waals surface area contributed by atoms with Gasteiger partial charge in [-0.05, 0) is 46.0 Å². The molecule has 0 aromatic heterocycles. The van der Waals surface area contributed by atoms with E-state index < -0.39 is 0 Å². The van der Waals surface area contributed by atoms with Gasteiger partial charge in [-0.15, -0.1) is 0 Å². The highest BCUT2D eigenvalue weighted by atomic mass is 16.5. The predicted octanol–water partition coefficient (Wildman–Crippen LogP) is 3.15. The van der Waals surface area contributed by atoms with Crippen LogP contribution in [0.2, 0.25) is 0 Å². The molecular weight excluding hydrogens is 176 g/mol. The van der Waals surface area contributed by atoms with E-state index >= 15 is 0 Å². The Hall–Kier alpha value is -0.0800. The Balaban J connectivity index is 2.11. The van der Waals surface area contributed by atoms with Crippen molar-refractivity contribution in [2.45, 2.75) is 71.2 Å². The van der Waals surface area contributed by atoms with Crippen molar-refractivity contribution in [3.63, 3.8) is 0 Å². The van der Waals surface area contributed by atoms with Crippen LogP contribution in [0, 0.1) is 0 Å². The molecule has 0 aliphatic heterocycles. The molecule has 84 valence electrons. The highest BCUT2D eigenvalue weighted by Crippen LogP contribution is 2.24. The van der Waals surface area contributed by atoms with E-state index in [2.05, 4.69) is 20.8 Å². The van der Waals surface area contributed by atoms with Crippen molar-refractivity contribution in [2.75, 3.05) is 6.61 Å². The van der Waals surface area contributed by atoms with E-state index in [4.69, 9.17) is 9.47 Å². The van der Waals surface area contributed by atoms with E-state index in [1.54, 1.807) is 0 Å². The molecule has 14 heavy (non-hydrogen) atoms. The standard InChI is InChI=1S/C12H24O2/c1-4-9-13-11-5-7-12(8-6-11)14-10(2)3/h10-12H,4-9H2,1-3H3. The monoisotopic (exact) mass is 200 g/mol. The molecular formula is C12H24O2. The van der Waals surface area contributed by atoms with Gasteiger partial charge in [0.25, 0.3) is 0 Å². The first-order valence-electron chi connectivity index (χ1n) is 5.99. The lowest BCUT2D eigenvalue weighted by Crippen LogP contribution is -2.28. The first-order valence-corrected chi connectivity index (χ1v) is 5.99. The van der Waals surface area contributed by atoms with Crippen LogP contribution < -0.4 is 0 Å². The molecule has 1 rings (SSSR count). The third-order valence-electron chi connectivity index (χ3n) is 2.64. The van der Waals surface area contributed by atoms with Gasteiger partial charge in [0, 0.05) is 6.61 Å². The molecule has 0 radical (unpaired) electrons. The van der Waals surface area contributed by atoms with Gasteiger partial charge in [-0.25, -0.2) is 0 Å². The van der Waals surface area contributed by atoms with Crippen molar-refractivity contribution >= 4 is 0 Å². The molecule has 0 amide bonds. The molecule has 0 heterocycles. The van der Waals surface area contributed by atoms with Gasteiger partial charge in [-0.1, -0.05) is 6.92 Å². The Morgan fingerprint density at radius 2 is 1.64 bits per heavy atom. The van der Waals surface area contributed by atoms with Gasteiger partial charge < -0.3 is 9.47 Å². The van der Waals surface area contributed by atoms with Gasteiger partial charge >= 0.3 is 0 Å². The third-order valence-corrected chi connectivity index (χ3v) is 2.64. The normalized spacial score (nSPS) is 28.3. The Bertz CT molecular complexity index is 137. The lowest BCUT2D eigenvalue weighted by atomic mass is 9.95. The minimum Gasteiger partial charge on any atom is -0.378 e. The Kier molecular flexibility index (Phi) is 5.49. The van der Waals surface area contributed by atoms with Crippen LogP contribution in [0.1, 0.15) is 52.9 Å². The van der Waals surface area contributed by atoms with Crippen molar-refractivity contribution in [3.8, 4) is 0 Å². The van der Waals surface area contributed by atoms with Gasteiger partial charge in [0.1, 0.15) is 0 Å². The quantitative estimate of drug-likeness (QED) is 0.678. The molecule has 1 saturated carbocycles. The van der Waals surface area contributed by atoms with Gasteiger partial charge in [0.05, 0.1) is 18.3 Å². The summed E-state index contributed by atoms with van der Waals surface area (Å²) in [6.07, 6.45) is 7.18. The van der Waals surface area contributed by atoms with Crippen LogP contribution in [0.25, 0.3) is 0 Å². The van der Waals surface area contributed by atoms with Crippen LogP contribution in [-0.2, 0) is 9.47 Å². The summed E-state index contributed by atoms with van der Waals surface area (Å²) in [6.45, 7) is 7.30. The zero-order valence-corrected chi connectivity index (χ0v) is 9.79. The Morgan fingerprint density at radius 3 is 2.14 bits per heavy atom. The maximum atomic E-state index is 5.79. The average Bonchev–Trinajstić information content (AvgIpc) is 2.16. The van der Waals surface area contributed by atoms with E-state index in [9.17, 15) is 0 Å². The highest BCUT2D eigenvalue weighted by Gasteiger charge is 2.22. The molecule has 0 spiro atoms. The summed E-state index contributed by atoms with van der Waals surface area (Å²) in [5, 5.41) is 0. The van der Waals surface area contributed by atoms with Gasteiger partial charge in [-0.3, -0.25) is 0 Å². The summed E-state index contributed by atoms with van der Waals surface area (Å²) < 4.78 is 11.5. The first-order chi connectivity index (χ1) is 6.72. The zero-order valence-electron chi connectivity index (χ0n) is 9.79. The fourth-order valence-electron chi connectivity index (χ4n) is 2.00. The van der Waals surface area contributed by atoms with Crippen LogP contribution >= 0.6 is 0 Å². The predicted molar refractivity (Wildman–Crippen MR) is 58.5 cm³/mol. The molecule has 0 atom stereocenters. The second kappa shape index (κ2) is 6.41. The van der Waals surface area contributed by atoms with Gasteiger partial charge in [-0.2, -0.15) is 0 Å². The van der Waals surface area contributed by atoms with E-state index in [0.29, 0.717) is 18.3 Å². The molecule has 2 heteroatoms. The first kappa shape index (κ1) is 12.0. The molecule has 0 aromatic rings. The van der Waals surface area contributed by atoms with Crippen molar-refractivity contribution in [3.05, 3.63) is 0 Å². The summed E-state index contributed by atoms with van der Waals surface area (Å²) in [5.41, 5.74) is 0. The molecule has 0 saturated heterocycles. The van der Waals surface area contributed by atoms with Gasteiger partial charge in [0.2, 0.25) is 0 Å². The summed E-state index contributed by atoms with van der Waals surface area (Å²) in [5.74, 6) is 0. The van der Waals surface area contributed by atoms with Gasteiger partial charge in [0.15, 0.2) is 0 Å². The van der Waals surface area contributed by atoms with Crippen molar-refractivity contribution < 1.29 is 9.47 Å². The maximum Gasteiger partial charge on any atom is 0.0580 e. The maximum absolute atomic E-state index is 5.79. The molecule has 2 nitrogen and oxygen atoms in total. The molecule has 1 fully saturated rings. The van der Waals surface area contributed by atoms with Crippen LogP contribution in [-0.4, -0.2) is 24.9 Å².